The van der Waals surface area contributed by atoms with Crippen LogP contribution in [0, 0.1) is 0 Å². The minimum absolute atomic E-state index is 0.623. The van der Waals surface area contributed by atoms with Crippen molar-refractivity contribution in [2.45, 2.75) is 0 Å². The average molecular weight is 655 g/mol. The maximum Gasteiger partial charge on any atom is 0.227 e. The van der Waals surface area contributed by atoms with E-state index in [0.717, 1.165) is 83.1 Å². The van der Waals surface area contributed by atoms with Crippen LogP contribution in [-0.4, -0.2) is 4.98 Å². The van der Waals surface area contributed by atoms with Crippen molar-refractivity contribution in [2.75, 3.05) is 4.90 Å². The topological polar surface area (TPSA) is 42.4 Å². The summed E-state index contributed by atoms with van der Waals surface area (Å²) in [7, 11) is 0. The first-order valence-corrected chi connectivity index (χ1v) is 17.1. The molecule has 0 unspecified atom stereocenters. The van der Waals surface area contributed by atoms with Gasteiger partial charge in [0.05, 0.1) is 0 Å². The quantitative estimate of drug-likeness (QED) is 0.179. The third-order valence-electron chi connectivity index (χ3n) is 9.69. The number of para-hydroxylation sites is 1. The predicted octanol–water partition coefficient (Wildman–Crippen LogP) is 13.4. The molecule has 0 fully saturated rings. The maximum absolute atomic E-state index is 6.37. The molecule has 2 heterocycles. The Hall–Kier alpha value is -6.91. The molecule has 8 aromatic carbocycles. The summed E-state index contributed by atoms with van der Waals surface area (Å²) in [5.74, 6) is 0.623. The summed E-state index contributed by atoms with van der Waals surface area (Å²) in [5.41, 5.74) is 12.0. The van der Waals surface area contributed by atoms with Crippen LogP contribution in [0.1, 0.15) is 0 Å². The summed E-state index contributed by atoms with van der Waals surface area (Å²) < 4.78 is 12.7. The Morgan fingerprint density at radius 2 is 1.00 bits per heavy atom. The van der Waals surface area contributed by atoms with E-state index in [1.807, 2.05) is 42.5 Å². The molecule has 0 N–H and O–H groups in total. The van der Waals surface area contributed by atoms with E-state index < -0.39 is 0 Å². The van der Waals surface area contributed by atoms with Crippen molar-refractivity contribution in [3.63, 3.8) is 0 Å². The molecule has 10 aromatic rings. The van der Waals surface area contributed by atoms with Gasteiger partial charge < -0.3 is 13.7 Å². The zero-order valence-corrected chi connectivity index (χ0v) is 27.5. The minimum Gasteiger partial charge on any atom is -0.456 e. The summed E-state index contributed by atoms with van der Waals surface area (Å²) >= 11 is 0. The van der Waals surface area contributed by atoms with Gasteiger partial charge in [0.25, 0.3) is 0 Å². The molecule has 0 bridgehead atoms. The van der Waals surface area contributed by atoms with Crippen LogP contribution >= 0.6 is 0 Å². The largest absolute Gasteiger partial charge is 0.456 e. The van der Waals surface area contributed by atoms with E-state index in [-0.39, 0.29) is 0 Å². The van der Waals surface area contributed by atoms with Gasteiger partial charge >= 0.3 is 0 Å². The fourth-order valence-electron chi connectivity index (χ4n) is 7.24. The molecule has 51 heavy (non-hydrogen) atoms. The van der Waals surface area contributed by atoms with Gasteiger partial charge in [0.15, 0.2) is 5.58 Å². The van der Waals surface area contributed by atoms with Crippen LogP contribution in [0.3, 0.4) is 0 Å². The molecule has 0 radical (unpaired) electrons. The van der Waals surface area contributed by atoms with E-state index in [2.05, 4.69) is 144 Å². The van der Waals surface area contributed by atoms with Gasteiger partial charge in [-0.15, -0.1) is 0 Å². The average Bonchev–Trinajstić information content (AvgIpc) is 3.81. The highest BCUT2D eigenvalue weighted by atomic mass is 16.3. The second-order valence-electron chi connectivity index (χ2n) is 12.8. The van der Waals surface area contributed by atoms with Crippen LogP contribution in [-0.2, 0) is 0 Å². The third-order valence-corrected chi connectivity index (χ3v) is 9.69. The van der Waals surface area contributed by atoms with E-state index in [9.17, 15) is 0 Å². The van der Waals surface area contributed by atoms with Gasteiger partial charge in [0.2, 0.25) is 5.89 Å². The summed E-state index contributed by atoms with van der Waals surface area (Å²) in [6.07, 6.45) is 0. The number of furan rings is 1. The zero-order valence-electron chi connectivity index (χ0n) is 27.5. The van der Waals surface area contributed by atoms with E-state index in [1.165, 1.54) is 5.56 Å². The van der Waals surface area contributed by atoms with E-state index >= 15 is 0 Å². The Morgan fingerprint density at radius 3 is 1.80 bits per heavy atom. The molecule has 0 aliphatic rings. The number of nitrogens with zero attached hydrogens (tertiary/aromatic N) is 2. The first-order valence-electron chi connectivity index (χ1n) is 17.1. The number of oxazole rings is 1. The van der Waals surface area contributed by atoms with Crippen molar-refractivity contribution in [3.05, 3.63) is 182 Å². The Morgan fingerprint density at radius 1 is 0.373 bits per heavy atom. The minimum atomic E-state index is 0.623. The monoisotopic (exact) mass is 654 g/mol. The first kappa shape index (κ1) is 29.0. The molecule has 240 valence electrons. The van der Waals surface area contributed by atoms with Crippen molar-refractivity contribution in [1.29, 1.82) is 0 Å². The van der Waals surface area contributed by atoms with Crippen LogP contribution in [0.15, 0.2) is 191 Å². The molecule has 0 saturated carbocycles. The lowest BCUT2D eigenvalue weighted by Crippen LogP contribution is -2.10. The Bertz CT molecular complexity index is 2850. The fourth-order valence-corrected chi connectivity index (χ4v) is 7.24. The van der Waals surface area contributed by atoms with Gasteiger partial charge in [-0.05, 0) is 88.3 Å². The van der Waals surface area contributed by atoms with Crippen LogP contribution in [0.2, 0.25) is 0 Å². The molecule has 4 nitrogen and oxygen atoms in total. The Labute approximate surface area is 294 Å². The van der Waals surface area contributed by atoms with Crippen molar-refractivity contribution in [1.82, 2.24) is 4.98 Å². The Kier molecular flexibility index (Phi) is 6.78. The predicted molar refractivity (Wildman–Crippen MR) is 210 cm³/mol. The summed E-state index contributed by atoms with van der Waals surface area (Å²) in [6, 6.07) is 63.4. The molecule has 0 aliphatic heterocycles. The summed E-state index contributed by atoms with van der Waals surface area (Å²) in [4.78, 5) is 7.23. The standard InChI is InChI=1S/C47H30N2O2/c1-3-12-31(13-4-1)34-16-11-17-36(28-34)49(37-26-27-40-39-19-9-10-21-44(39)50-45(40)29-37)35-24-22-32(23-25-35)42-30-43-46(41-20-8-7-18-38(41)42)51-47(48-43)33-14-5-2-6-15-33/h1-30H. The lowest BCUT2D eigenvalue weighted by Gasteiger charge is -2.26. The second kappa shape index (κ2) is 11.9. The lowest BCUT2D eigenvalue weighted by molar-refractivity contribution is 0.623. The van der Waals surface area contributed by atoms with Crippen molar-refractivity contribution in [3.8, 4) is 33.7 Å². The Balaban J connectivity index is 1.11. The van der Waals surface area contributed by atoms with Gasteiger partial charge in [-0.2, -0.15) is 0 Å². The number of hydrogen-bond acceptors (Lipinski definition) is 4. The molecule has 10 rings (SSSR count). The SMILES string of the molecule is c1ccc(-c2cccc(N(c3ccc(-c4cc5nc(-c6ccccc6)oc5c5ccccc45)cc3)c3ccc4c(c3)oc3ccccc34)c2)cc1. The molecular formula is C47H30N2O2. The van der Waals surface area contributed by atoms with Gasteiger partial charge in [-0.3, -0.25) is 0 Å². The maximum atomic E-state index is 6.37. The van der Waals surface area contributed by atoms with Crippen LogP contribution < -0.4 is 4.90 Å². The number of aromatic nitrogens is 1. The molecule has 2 aromatic heterocycles. The van der Waals surface area contributed by atoms with Gasteiger partial charge in [0, 0.05) is 44.9 Å². The highest BCUT2D eigenvalue weighted by Gasteiger charge is 2.18. The first-order chi connectivity index (χ1) is 25.3. The van der Waals surface area contributed by atoms with Crippen molar-refractivity contribution >= 4 is 60.9 Å². The molecule has 0 saturated heterocycles. The number of fused-ring (bicyclic) bond motifs is 6. The molecule has 0 atom stereocenters. The fraction of sp³-hybridized carbons (Fsp3) is 0. The zero-order chi connectivity index (χ0) is 33.7. The summed E-state index contributed by atoms with van der Waals surface area (Å²) in [5, 5.41) is 4.39. The number of benzene rings is 8. The number of hydrogen-bond donors (Lipinski definition) is 0. The second-order valence-corrected chi connectivity index (χ2v) is 12.8. The lowest BCUT2D eigenvalue weighted by atomic mass is 9.97. The van der Waals surface area contributed by atoms with Crippen molar-refractivity contribution < 1.29 is 8.83 Å². The molecule has 0 spiro atoms. The van der Waals surface area contributed by atoms with E-state index in [1.54, 1.807) is 0 Å². The highest BCUT2D eigenvalue weighted by molar-refractivity contribution is 6.11. The van der Waals surface area contributed by atoms with Crippen LogP contribution in [0.25, 0.3) is 77.5 Å². The molecule has 0 aliphatic carbocycles. The van der Waals surface area contributed by atoms with Crippen LogP contribution in [0.4, 0.5) is 17.1 Å². The molecule has 0 amide bonds. The van der Waals surface area contributed by atoms with E-state index in [4.69, 9.17) is 13.8 Å². The third kappa shape index (κ3) is 5.04. The smallest absolute Gasteiger partial charge is 0.227 e. The van der Waals surface area contributed by atoms with Crippen LogP contribution in [0.5, 0.6) is 0 Å². The van der Waals surface area contributed by atoms with Gasteiger partial charge in [-0.25, -0.2) is 4.98 Å². The van der Waals surface area contributed by atoms with Gasteiger partial charge in [0.1, 0.15) is 16.7 Å². The van der Waals surface area contributed by atoms with Gasteiger partial charge in [-0.1, -0.05) is 115 Å². The van der Waals surface area contributed by atoms with Crippen molar-refractivity contribution in [2.24, 2.45) is 0 Å². The number of anilines is 3. The van der Waals surface area contributed by atoms with E-state index in [0.29, 0.717) is 5.89 Å². The number of rotatable bonds is 6. The highest BCUT2D eigenvalue weighted by Crippen LogP contribution is 2.42. The molecular weight excluding hydrogens is 625 g/mol. The summed E-state index contributed by atoms with van der Waals surface area (Å²) in [6.45, 7) is 0. The normalized spacial score (nSPS) is 11.5. The molecule has 4 heteroatoms.